The molecule has 0 spiro atoms. The van der Waals surface area contributed by atoms with Gasteiger partial charge in [-0.2, -0.15) is 0 Å². The van der Waals surface area contributed by atoms with Gasteiger partial charge in [0.05, 0.1) is 0 Å². The summed E-state index contributed by atoms with van der Waals surface area (Å²) in [6.07, 6.45) is 1.61. The molecule has 0 aliphatic heterocycles. The molecule has 2 amide bonds. The normalized spacial score (nSPS) is 11.6. The van der Waals surface area contributed by atoms with Crippen molar-refractivity contribution in [2.45, 2.75) is 33.7 Å². The molecule has 0 heterocycles. The number of anilines is 1. The highest BCUT2D eigenvalue weighted by Gasteiger charge is 2.22. The lowest BCUT2D eigenvalue weighted by Gasteiger charge is -2.26. The zero-order valence-corrected chi connectivity index (χ0v) is 12.6. The molecule has 0 saturated heterocycles. The number of rotatable bonds is 5. The Morgan fingerprint density at radius 3 is 2.60 bits per heavy atom. The minimum atomic E-state index is -0.537. The molecule has 0 radical (unpaired) electrons. The predicted molar refractivity (Wildman–Crippen MR) is 81.6 cm³/mol. The highest BCUT2D eigenvalue weighted by atomic mass is 16.2. The van der Waals surface area contributed by atoms with Gasteiger partial charge in [0.15, 0.2) is 0 Å². The van der Waals surface area contributed by atoms with Gasteiger partial charge in [0.25, 0.3) is 0 Å². The number of carbonyl (C=O) groups excluding carboxylic acids is 2. The molecule has 0 aliphatic rings. The molecule has 0 bridgehead atoms. The molecule has 1 N–H and O–H groups in total. The third kappa shape index (κ3) is 3.70. The van der Waals surface area contributed by atoms with Gasteiger partial charge in [-0.1, -0.05) is 18.2 Å². The van der Waals surface area contributed by atoms with Crippen LogP contribution in [0.1, 0.15) is 25.0 Å². The van der Waals surface area contributed by atoms with Gasteiger partial charge in [0.1, 0.15) is 6.04 Å². The Balaban J connectivity index is 2.86. The van der Waals surface area contributed by atoms with Gasteiger partial charge in [0.2, 0.25) is 11.8 Å². The number of aryl methyl sites for hydroxylation is 1. The summed E-state index contributed by atoms with van der Waals surface area (Å²) < 4.78 is 0. The largest absolute Gasteiger partial charge is 0.327 e. The molecule has 1 aromatic rings. The summed E-state index contributed by atoms with van der Waals surface area (Å²) in [7, 11) is 0. The highest BCUT2D eigenvalue weighted by Crippen LogP contribution is 2.18. The van der Waals surface area contributed by atoms with Crippen LogP contribution in [0.4, 0.5) is 5.69 Å². The van der Waals surface area contributed by atoms with Gasteiger partial charge in [-0.25, -0.2) is 0 Å². The molecule has 4 heteroatoms. The van der Waals surface area contributed by atoms with E-state index in [1.807, 2.05) is 32.0 Å². The van der Waals surface area contributed by atoms with E-state index in [1.165, 1.54) is 11.8 Å². The van der Waals surface area contributed by atoms with E-state index in [-0.39, 0.29) is 11.8 Å². The predicted octanol–water partition coefficient (Wildman–Crippen LogP) is 2.66. The van der Waals surface area contributed by atoms with Crippen molar-refractivity contribution in [3.05, 3.63) is 42.0 Å². The molecule has 1 rings (SSSR count). The fourth-order valence-corrected chi connectivity index (χ4v) is 1.96. The average molecular weight is 274 g/mol. The summed E-state index contributed by atoms with van der Waals surface area (Å²) in [5, 5.41) is 2.88. The fourth-order valence-electron chi connectivity index (χ4n) is 1.96. The SMILES string of the molecule is C=CCN(C(C)=O)C(C)C(=O)Nc1cccc(C)c1C. The first-order valence-electron chi connectivity index (χ1n) is 6.63. The number of hydrogen-bond acceptors (Lipinski definition) is 2. The summed E-state index contributed by atoms with van der Waals surface area (Å²) in [6.45, 7) is 11.1. The Labute approximate surface area is 120 Å². The van der Waals surface area contributed by atoms with Gasteiger partial charge >= 0.3 is 0 Å². The maximum absolute atomic E-state index is 12.3. The molecule has 108 valence electrons. The number of nitrogens with one attached hydrogen (secondary N) is 1. The third-order valence-electron chi connectivity index (χ3n) is 3.44. The molecule has 20 heavy (non-hydrogen) atoms. The zero-order chi connectivity index (χ0) is 15.3. The lowest BCUT2D eigenvalue weighted by Crippen LogP contribution is -2.44. The van der Waals surface area contributed by atoms with Gasteiger partial charge in [-0.15, -0.1) is 6.58 Å². The molecule has 0 saturated carbocycles. The maximum Gasteiger partial charge on any atom is 0.246 e. The lowest BCUT2D eigenvalue weighted by molar-refractivity contribution is -0.135. The van der Waals surface area contributed by atoms with E-state index < -0.39 is 6.04 Å². The second-order valence-corrected chi connectivity index (χ2v) is 4.87. The first-order chi connectivity index (χ1) is 9.38. The minimum absolute atomic E-state index is 0.145. The van der Waals surface area contributed by atoms with Crippen molar-refractivity contribution in [1.29, 1.82) is 0 Å². The smallest absolute Gasteiger partial charge is 0.246 e. The van der Waals surface area contributed by atoms with Crippen LogP contribution in [0.15, 0.2) is 30.9 Å². The van der Waals surface area contributed by atoms with Crippen molar-refractivity contribution in [2.24, 2.45) is 0 Å². The van der Waals surface area contributed by atoms with Crippen molar-refractivity contribution < 1.29 is 9.59 Å². The van der Waals surface area contributed by atoms with E-state index in [2.05, 4.69) is 11.9 Å². The fraction of sp³-hybridized carbons (Fsp3) is 0.375. The first kappa shape index (κ1) is 16.0. The summed E-state index contributed by atoms with van der Waals surface area (Å²) in [4.78, 5) is 25.3. The number of nitrogens with zero attached hydrogens (tertiary/aromatic N) is 1. The minimum Gasteiger partial charge on any atom is -0.327 e. The average Bonchev–Trinajstić information content (AvgIpc) is 2.40. The Bertz CT molecular complexity index is 523. The Hall–Kier alpha value is -2.10. The van der Waals surface area contributed by atoms with E-state index in [0.717, 1.165) is 16.8 Å². The summed E-state index contributed by atoms with van der Waals surface area (Å²) in [5.41, 5.74) is 2.93. The van der Waals surface area contributed by atoms with Crippen LogP contribution in [0.3, 0.4) is 0 Å². The van der Waals surface area contributed by atoms with Crippen molar-refractivity contribution in [3.63, 3.8) is 0 Å². The van der Waals surface area contributed by atoms with Gasteiger partial charge in [0, 0.05) is 19.2 Å². The van der Waals surface area contributed by atoms with Crippen molar-refractivity contribution in [1.82, 2.24) is 4.90 Å². The van der Waals surface area contributed by atoms with Crippen LogP contribution >= 0.6 is 0 Å². The topological polar surface area (TPSA) is 49.4 Å². The number of benzene rings is 1. The van der Waals surface area contributed by atoms with Gasteiger partial charge in [-0.05, 0) is 38.0 Å². The van der Waals surface area contributed by atoms with E-state index in [4.69, 9.17) is 0 Å². The summed E-state index contributed by atoms with van der Waals surface area (Å²) in [6, 6.07) is 5.21. The summed E-state index contributed by atoms with van der Waals surface area (Å²) >= 11 is 0. The van der Waals surface area contributed by atoms with E-state index in [1.54, 1.807) is 13.0 Å². The first-order valence-corrected chi connectivity index (χ1v) is 6.63. The number of hydrogen-bond donors (Lipinski definition) is 1. The Morgan fingerprint density at radius 2 is 2.05 bits per heavy atom. The molecule has 1 unspecified atom stereocenters. The van der Waals surface area contributed by atoms with E-state index in [9.17, 15) is 9.59 Å². The highest BCUT2D eigenvalue weighted by molar-refractivity contribution is 5.97. The molecular weight excluding hydrogens is 252 g/mol. The van der Waals surface area contributed by atoms with Crippen LogP contribution in [-0.4, -0.2) is 29.3 Å². The summed E-state index contributed by atoms with van der Waals surface area (Å²) in [5.74, 6) is -0.343. The Kier molecular flexibility index (Phi) is 5.50. The molecular formula is C16H22N2O2. The van der Waals surface area contributed by atoms with Gasteiger partial charge in [-0.3, -0.25) is 9.59 Å². The van der Waals surface area contributed by atoms with Crippen LogP contribution < -0.4 is 5.32 Å². The molecule has 0 fully saturated rings. The molecule has 1 atom stereocenters. The monoisotopic (exact) mass is 274 g/mol. The second kappa shape index (κ2) is 6.89. The van der Waals surface area contributed by atoms with Gasteiger partial charge < -0.3 is 10.2 Å². The Morgan fingerprint density at radius 1 is 1.40 bits per heavy atom. The molecule has 0 aromatic heterocycles. The molecule has 0 aliphatic carbocycles. The van der Waals surface area contributed by atoms with E-state index in [0.29, 0.717) is 6.54 Å². The zero-order valence-electron chi connectivity index (χ0n) is 12.6. The van der Waals surface area contributed by atoms with Crippen LogP contribution in [-0.2, 0) is 9.59 Å². The van der Waals surface area contributed by atoms with Crippen LogP contribution in [0.2, 0.25) is 0 Å². The van der Waals surface area contributed by atoms with Crippen LogP contribution in [0.25, 0.3) is 0 Å². The van der Waals surface area contributed by atoms with Crippen LogP contribution in [0.5, 0.6) is 0 Å². The molecule has 1 aromatic carbocycles. The van der Waals surface area contributed by atoms with E-state index >= 15 is 0 Å². The van der Waals surface area contributed by atoms with Crippen molar-refractivity contribution >= 4 is 17.5 Å². The van der Waals surface area contributed by atoms with Crippen LogP contribution in [0, 0.1) is 13.8 Å². The number of carbonyl (C=O) groups is 2. The standard InChI is InChI=1S/C16H22N2O2/c1-6-10-18(14(5)19)13(4)16(20)17-15-9-7-8-11(2)12(15)3/h6-9,13H,1,10H2,2-5H3,(H,17,20). The molecule has 4 nitrogen and oxygen atoms in total. The maximum atomic E-state index is 12.3. The second-order valence-electron chi connectivity index (χ2n) is 4.87. The lowest BCUT2D eigenvalue weighted by atomic mass is 10.1. The van der Waals surface area contributed by atoms with Crippen molar-refractivity contribution in [2.75, 3.05) is 11.9 Å². The number of amides is 2. The third-order valence-corrected chi connectivity index (χ3v) is 3.44. The quantitative estimate of drug-likeness (QED) is 0.839. The van der Waals surface area contributed by atoms with Crippen molar-refractivity contribution in [3.8, 4) is 0 Å².